The molecule has 2 N–H and O–H groups in total. The van der Waals surface area contributed by atoms with E-state index in [1.165, 1.54) is 24.7 Å². The molecule has 0 aliphatic rings. The van der Waals surface area contributed by atoms with Gasteiger partial charge in [0.1, 0.15) is 12.2 Å². The molecule has 0 amide bonds. The molecule has 4 nitrogen and oxygen atoms in total. The zero-order chi connectivity index (χ0) is 16.5. The Balaban J connectivity index is 2.00. The summed E-state index contributed by atoms with van der Waals surface area (Å²) in [6, 6.07) is 17.2. The maximum atomic E-state index is 8.77. The van der Waals surface area contributed by atoms with E-state index in [0.29, 0.717) is 11.4 Å². The molecule has 0 spiro atoms. The van der Waals surface area contributed by atoms with Gasteiger partial charge in [0.25, 0.3) is 0 Å². The summed E-state index contributed by atoms with van der Waals surface area (Å²) < 4.78 is 0. The number of nitrogens with two attached hydrogens (primary N) is 1. The van der Waals surface area contributed by atoms with E-state index < -0.39 is 0 Å². The fourth-order valence-electron chi connectivity index (χ4n) is 2.08. The average molecular weight is 304 g/mol. The second kappa shape index (κ2) is 8.50. The number of aryl methyl sites for hydroxylation is 1. The van der Waals surface area contributed by atoms with Crippen molar-refractivity contribution in [3.05, 3.63) is 65.2 Å². The third kappa shape index (κ3) is 5.08. The van der Waals surface area contributed by atoms with Gasteiger partial charge in [0, 0.05) is 5.56 Å². The maximum Gasteiger partial charge on any atom is 0.132 e. The van der Waals surface area contributed by atoms with E-state index in [0.717, 1.165) is 17.7 Å². The van der Waals surface area contributed by atoms with Crippen LogP contribution in [0.5, 0.6) is 0 Å². The van der Waals surface area contributed by atoms with E-state index in [9.17, 15) is 0 Å². The first-order chi connectivity index (χ1) is 11.2. The molecule has 0 aliphatic carbocycles. The maximum absolute atomic E-state index is 8.77. The second-order valence-corrected chi connectivity index (χ2v) is 5.22. The molecule has 4 heteroatoms. The minimum Gasteiger partial charge on any atom is -0.383 e. The van der Waals surface area contributed by atoms with Crippen molar-refractivity contribution in [2.24, 2.45) is 15.7 Å². The summed E-state index contributed by atoms with van der Waals surface area (Å²) in [5.74, 6) is 0.373. The fourth-order valence-corrected chi connectivity index (χ4v) is 2.08. The molecule has 2 aromatic rings. The monoisotopic (exact) mass is 304 g/mol. The van der Waals surface area contributed by atoms with Crippen LogP contribution in [0.25, 0.3) is 0 Å². The van der Waals surface area contributed by atoms with Crippen LogP contribution in [0.4, 0.5) is 5.69 Å². The molecule has 116 valence electrons. The SMILES string of the molecule is CCCCc1ccc(N=CN=C(N)c2ccc(C#N)cc2)cc1. The van der Waals surface area contributed by atoms with Crippen LogP contribution in [0.1, 0.15) is 36.5 Å². The van der Waals surface area contributed by atoms with Gasteiger partial charge >= 0.3 is 0 Å². The third-order valence-corrected chi connectivity index (χ3v) is 3.47. The average Bonchev–Trinajstić information content (AvgIpc) is 2.61. The van der Waals surface area contributed by atoms with Crippen molar-refractivity contribution in [3.63, 3.8) is 0 Å². The van der Waals surface area contributed by atoms with Crippen molar-refractivity contribution in [2.75, 3.05) is 0 Å². The van der Waals surface area contributed by atoms with Gasteiger partial charge < -0.3 is 5.73 Å². The van der Waals surface area contributed by atoms with Crippen LogP contribution in [-0.2, 0) is 6.42 Å². The summed E-state index contributed by atoms with van der Waals surface area (Å²) in [4.78, 5) is 8.42. The molecule has 0 saturated heterocycles. The Kier molecular flexibility index (Phi) is 6.07. The Morgan fingerprint density at radius 1 is 1.13 bits per heavy atom. The number of amidine groups is 1. The van der Waals surface area contributed by atoms with Gasteiger partial charge in [0.05, 0.1) is 17.3 Å². The lowest BCUT2D eigenvalue weighted by atomic mass is 10.1. The van der Waals surface area contributed by atoms with Gasteiger partial charge in [0.2, 0.25) is 0 Å². The molecule has 0 aromatic heterocycles. The Hall–Kier alpha value is -2.93. The van der Waals surface area contributed by atoms with Gasteiger partial charge in [-0.25, -0.2) is 9.98 Å². The molecule has 2 rings (SSSR count). The topological polar surface area (TPSA) is 74.5 Å². The van der Waals surface area contributed by atoms with E-state index in [1.54, 1.807) is 24.3 Å². The molecule has 0 unspecified atom stereocenters. The Bertz CT molecular complexity index is 719. The standard InChI is InChI=1S/C19H20N4/c1-2-3-4-15-7-11-18(12-8-15)22-14-23-19(21)17-9-5-16(13-20)6-10-17/h5-12,14H,2-4H2,1H3,(H2,21,22,23). The number of rotatable bonds is 6. The first kappa shape index (κ1) is 16.4. The van der Waals surface area contributed by atoms with Crippen LogP contribution in [0.3, 0.4) is 0 Å². The molecular weight excluding hydrogens is 284 g/mol. The zero-order valence-corrected chi connectivity index (χ0v) is 13.2. The lowest BCUT2D eigenvalue weighted by molar-refractivity contribution is 0.795. The van der Waals surface area contributed by atoms with Crippen molar-refractivity contribution in [2.45, 2.75) is 26.2 Å². The van der Waals surface area contributed by atoms with Crippen LogP contribution in [-0.4, -0.2) is 12.2 Å². The molecule has 0 bridgehead atoms. The molecule has 23 heavy (non-hydrogen) atoms. The molecule has 0 saturated carbocycles. The highest BCUT2D eigenvalue weighted by Gasteiger charge is 1.97. The highest BCUT2D eigenvalue weighted by Crippen LogP contribution is 2.14. The first-order valence-electron chi connectivity index (χ1n) is 7.68. The smallest absolute Gasteiger partial charge is 0.132 e. The van der Waals surface area contributed by atoms with E-state index in [4.69, 9.17) is 11.0 Å². The normalized spacial score (nSPS) is 11.6. The summed E-state index contributed by atoms with van der Waals surface area (Å²) in [6.45, 7) is 2.19. The van der Waals surface area contributed by atoms with E-state index >= 15 is 0 Å². The number of nitrogens with zero attached hydrogens (tertiary/aromatic N) is 3. The lowest BCUT2D eigenvalue weighted by Crippen LogP contribution is -2.13. The van der Waals surface area contributed by atoms with Gasteiger partial charge in [-0.15, -0.1) is 0 Å². The zero-order valence-electron chi connectivity index (χ0n) is 13.2. The van der Waals surface area contributed by atoms with Crippen LogP contribution in [0.2, 0.25) is 0 Å². The van der Waals surface area contributed by atoms with Gasteiger partial charge in [-0.3, -0.25) is 0 Å². The van der Waals surface area contributed by atoms with Crippen LogP contribution < -0.4 is 5.73 Å². The third-order valence-electron chi connectivity index (χ3n) is 3.47. The number of aliphatic imine (C=N–C) groups is 2. The molecular formula is C19H20N4. The highest BCUT2D eigenvalue weighted by molar-refractivity contribution is 6.01. The van der Waals surface area contributed by atoms with Gasteiger partial charge in [-0.2, -0.15) is 5.26 Å². The van der Waals surface area contributed by atoms with Crippen molar-refractivity contribution < 1.29 is 0 Å². The van der Waals surface area contributed by atoms with Gasteiger partial charge in [-0.1, -0.05) is 25.5 Å². The van der Waals surface area contributed by atoms with Crippen LogP contribution >= 0.6 is 0 Å². The van der Waals surface area contributed by atoms with Crippen molar-refractivity contribution in [1.29, 1.82) is 5.26 Å². The lowest BCUT2D eigenvalue weighted by Gasteiger charge is -2.00. The highest BCUT2D eigenvalue weighted by atomic mass is 14.9. The largest absolute Gasteiger partial charge is 0.383 e. The molecule has 0 heterocycles. The Morgan fingerprint density at radius 2 is 1.83 bits per heavy atom. The predicted octanol–water partition coefficient (Wildman–Crippen LogP) is 3.97. The van der Waals surface area contributed by atoms with Crippen molar-refractivity contribution in [1.82, 2.24) is 0 Å². The molecule has 0 atom stereocenters. The molecule has 0 fully saturated rings. The van der Waals surface area contributed by atoms with Gasteiger partial charge in [0.15, 0.2) is 0 Å². The summed E-state index contributed by atoms with van der Waals surface area (Å²) in [5.41, 5.74) is 9.44. The second-order valence-electron chi connectivity index (χ2n) is 5.22. The Labute approximate surface area is 137 Å². The van der Waals surface area contributed by atoms with E-state index in [1.807, 2.05) is 12.1 Å². The van der Waals surface area contributed by atoms with Crippen LogP contribution in [0, 0.1) is 11.3 Å². The summed E-state index contributed by atoms with van der Waals surface area (Å²) in [6.07, 6.45) is 4.95. The molecule has 0 aliphatic heterocycles. The van der Waals surface area contributed by atoms with E-state index in [2.05, 4.69) is 35.1 Å². The number of hydrogen-bond donors (Lipinski definition) is 1. The number of benzene rings is 2. The van der Waals surface area contributed by atoms with Crippen LogP contribution in [0.15, 0.2) is 58.5 Å². The minimum absolute atomic E-state index is 0.373. The summed E-state index contributed by atoms with van der Waals surface area (Å²) in [7, 11) is 0. The van der Waals surface area contributed by atoms with Gasteiger partial charge in [-0.05, 0) is 54.8 Å². The summed E-state index contributed by atoms with van der Waals surface area (Å²) >= 11 is 0. The van der Waals surface area contributed by atoms with Crippen molar-refractivity contribution >= 4 is 17.9 Å². The molecule has 0 radical (unpaired) electrons. The van der Waals surface area contributed by atoms with Crippen molar-refractivity contribution in [3.8, 4) is 6.07 Å². The first-order valence-corrected chi connectivity index (χ1v) is 7.68. The number of hydrogen-bond acceptors (Lipinski definition) is 2. The molecule has 2 aromatic carbocycles. The predicted molar refractivity (Wildman–Crippen MR) is 95.1 cm³/mol. The minimum atomic E-state index is 0.373. The number of unbranched alkanes of at least 4 members (excludes halogenated alkanes) is 1. The van der Waals surface area contributed by atoms with E-state index in [-0.39, 0.29) is 0 Å². The fraction of sp³-hybridized carbons (Fsp3) is 0.211. The Morgan fingerprint density at radius 3 is 2.43 bits per heavy atom. The quantitative estimate of drug-likeness (QED) is 0.647. The summed E-state index contributed by atoms with van der Waals surface area (Å²) in [5, 5.41) is 8.77. The number of nitriles is 1.